The quantitative estimate of drug-likeness (QED) is 0.136. The fourth-order valence-corrected chi connectivity index (χ4v) is 9.54. The molecule has 1 heterocycles. The molecule has 11 aromatic carbocycles. The van der Waals surface area contributed by atoms with Crippen molar-refractivity contribution in [2.45, 2.75) is 0 Å². The molecule has 0 N–H and O–H groups in total. The van der Waals surface area contributed by atoms with E-state index >= 15 is 0 Å². The van der Waals surface area contributed by atoms with Gasteiger partial charge in [-0.3, -0.25) is 0 Å². The van der Waals surface area contributed by atoms with Crippen LogP contribution >= 0.6 is 0 Å². The van der Waals surface area contributed by atoms with E-state index in [1.807, 2.05) is 0 Å². The molecule has 0 aliphatic carbocycles. The lowest BCUT2D eigenvalue weighted by Crippen LogP contribution is -2.12. The SMILES string of the molecule is c1ccc(-c2ccc(-c3ccc(N(c4ccc(-c5ccc(-c6ccccc6)cc5)cc4)c4ccc5c6c(cccc46)-c4ccc(N(c6ccccc6)c6ccccc6)cc4O5)cc3)cc2)cc1. The summed E-state index contributed by atoms with van der Waals surface area (Å²) in [5.74, 6) is 1.67. The maximum absolute atomic E-state index is 6.92. The third-order valence-electron chi connectivity index (χ3n) is 12.9. The van der Waals surface area contributed by atoms with E-state index in [-0.39, 0.29) is 0 Å². The topological polar surface area (TPSA) is 15.7 Å². The first-order valence-corrected chi connectivity index (χ1v) is 22.8. The fraction of sp³-hybridized carbons (Fsp3) is 0. The van der Waals surface area contributed by atoms with Crippen LogP contribution < -0.4 is 14.5 Å². The third-order valence-corrected chi connectivity index (χ3v) is 12.9. The monoisotopic (exact) mass is 856 g/mol. The van der Waals surface area contributed by atoms with Crippen LogP contribution in [0.4, 0.5) is 34.1 Å². The van der Waals surface area contributed by atoms with Gasteiger partial charge in [0.25, 0.3) is 0 Å². The molecule has 1 aliphatic rings. The molecule has 0 saturated heterocycles. The highest BCUT2D eigenvalue weighted by Crippen LogP contribution is 2.52. The van der Waals surface area contributed by atoms with Gasteiger partial charge in [0, 0.05) is 50.8 Å². The number of hydrogen-bond acceptors (Lipinski definition) is 3. The van der Waals surface area contributed by atoms with Crippen LogP contribution in [0.25, 0.3) is 66.4 Å². The Morgan fingerprint density at radius 2 is 0.627 bits per heavy atom. The van der Waals surface area contributed by atoms with Gasteiger partial charge in [-0.2, -0.15) is 0 Å². The van der Waals surface area contributed by atoms with Gasteiger partial charge in [0.15, 0.2) is 0 Å². The first kappa shape index (κ1) is 39.7. The van der Waals surface area contributed by atoms with Gasteiger partial charge in [-0.15, -0.1) is 0 Å². The third kappa shape index (κ3) is 7.59. The van der Waals surface area contributed by atoms with Gasteiger partial charge < -0.3 is 14.5 Å². The zero-order valence-corrected chi connectivity index (χ0v) is 36.7. The largest absolute Gasteiger partial charge is 0.456 e. The number of hydrogen-bond donors (Lipinski definition) is 0. The van der Waals surface area contributed by atoms with Crippen LogP contribution in [0.3, 0.4) is 0 Å². The van der Waals surface area contributed by atoms with Crippen molar-refractivity contribution < 1.29 is 4.74 Å². The Balaban J connectivity index is 0.933. The fourth-order valence-electron chi connectivity index (χ4n) is 9.54. The van der Waals surface area contributed by atoms with Gasteiger partial charge in [-0.1, -0.05) is 188 Å². The number of para-hydroxylation sites is 2. The zero-order chi connectivity index (χ0) is 44.5. The first-order valence-electron chi connectivity index (χ1n) is 22.8. The molecule has 0 atom stereocenters. The molecular weight excluding hydrogens is 813 g/mol. The molecule has 0 amide bonds. The van der Waals surface area contributed by atoms with Crippen molar-refractivity contribution in [1.29, 1.82) is 0 Å². The van der Waals surface area contributed by atoms with E-state index in [0.717, 1.165) is 78.6 Å². The minimum Gasteiger partial charge on any atom is -0.456 e. The van der Waals surface area contributed by atoms with Gasteiger partial charge in [0.1, 0.15) is 11.5 Å². The second-order valence-corrected chi connectivity index (χ2v) is 16.9. The van der Waals surface area contributed by atoms with Crippen LogP contribution in [0.5, 0.6) is 11.5 Å². The van der Waals surface area contributed by atoms with Crippen LogP contribution in [0, 0.1) is 0 Å². The lowest BCUT2D eigenvalue weighted by molar-refractivity contribution is 0.487. The molecule has 67 heavy (non-hydrogen) atoms. The number of nitrogens with zero attached hydrogens (tertiary/aromatic N) is 2. The first-order chi connectivity index (χ1) is 33.2. The Hall–Kier alpha value is -8.92. The molecule has 3 heteroatoms. The van der Waals surface area contributed by atoms with E-state index in [0.29, 0.717) is 0 Å². The molecule has 1 aliphatic heterocycles. The predicted octanol–water partition coefficient (Wildman–Crippen LogP) is 18.2. The summed E-state index contributed by atoms with van der Waals surface area (Å²) >= 11 is 0. The Bertz CT molecular complexity index is 3320. The van der Waals surface area contributed by atoms with Crippen molar-refractivity contribution in [2.75, 3.05) is 9.80 Å². The van der Waals surface area contributed by atoms with Gasteiger partial charge >= 0.3 is 0 Å². The number of anilines is 6. The Morgan fingerprint density at radius 3 is 1.09 bits per heavy atom. The summed E-state index contributed by atoms with van der Waals surface area (Å²) in [6, 6.07) is 95.2. The molecule has 0 bridgehead atoms. The van der Waals surface area contributed by atoms with Crippen molar-refractivity contribution in [3.05, 3.63) is 267 Å². The van der Waals surface area contributed by atoms with E-state index < -0.39 is 0 Å². The maximum atomic E-state index is 6.92. The van der Waals surface area contributed by atoms with E-state index in [9.17, 15) is 0 Å². The summed E-state index contributed by atoms with van der Waals surface area (Å²) in [5, 5.41) is 2.21. The minimum atomic E-state index is 0.832. The zero-order valence-electron chi connectivity index (χ0n) is 36.7. The van der Waals surface area contributed by atoms with Crippen LogP contribution in [0.2, 0.25) is 0 Å². The maximum Gasteiger partial charge on any atom is 0.137 e. The molecule has 12 rings (SSSR count). The van der Waals surface area contributed by atoms with Crippen molar-refractivity contribution >= 4 is 44.9 Å². The van der Waals surface area contributed by atoms with Gasteiger partial charge in [0.2, 0.25) is 0 Å². The Morgan fingerprint density at radius 1 is 0.239 bits per heavy atom. The summed E-state index contributed by atoms with van der Waals surface area (Å²) in [6.07, 6.45) is 0. The highest BCUT2D eigenvalue weighted by molar-refractivity contribution is 6.11. The summed E-state index contributed by atoms with van der Waals surface area (Å²) in [7, 11) is 0. The molecule has 0 radical (unpaired) electrons. The molecule has 0 spiro atoms. The lowest BCUT2D eigenvalue weighted by atomic mass is 9.93. The molecule has 0 unspecified atom stereocenters. The summed E-state index contributed by atoms with van der Waals surface area (Å²) in [4.78, 5) is 4.65. The van der Waals surface area contributed by atoms with Gasteiger partial charge in [0.05, 0.1) is 5.69 Å². The number of ether oxygens (including phenoxy) is 1. The predicted molar refractivity (Wildman–Crippen MR) is 281 cm³/mol. The second-order valence-electron chi connectivity index (χ2n) is 16.9. The van der Waals surface area contributed by atoms with E-state index in [2.05, 4.69) is 277 Å². The van der Waals surface area contributed by atoms with Crippen molar-refractivity contribution in [2.24, 2.45) is 0 Å². The molecule has 0 saturated carbocycles. The molecule has 3 nitrogen and oxygen atoms in total. The van der Waals surface area contributed by atoms with Crippen molar-refractivity contribution in [3.63, 3.8) is 0 Å². The average Bonchev–Trinajstić information content (AvgIpc) is 3.41. The number of fused-ring (bicyclic) bond motifs is 2. The van der Waals surface area contributed by atoms with Crippen molar-refractivity contribution in [3.8, 4) is 67.1 Å². The van der Waals surface area contributed by atoms with Crippen LogP contribution in [0.15, 0.2) is 267 Å². The molecule has 0 aromatic heterocycles. The van der Waals surface area contributed by atoms with E-state index in [1.165, 1.54) is 33.4 Å². The standard InChI is InChI=1S/C64H44N2O/c1-5-14-45(15-6-1)47-24-28-49(29-25-47)51-32-36-55(37-33-51)66(56-38-34-52(35-39-56)50-30-26-48(27-31-50)46-16-7-2-8-17-46)61-42-43-62-64-59(22-13-23-60(61)64)58-41-40-57(44-63(58)67-62)65(53-18-9-3-10-19-53)54-20-11-4-12-21-54/h1-44H. The highest BCUT2D eigenvalue weighted by atomic mass is 16.5. The highest BCUT2D eigenvalue weighted by Gasteiger charge is 2.26. The molecular formula is C64H44N2O. The summed E-state index contributed by atoms with van der Waals surface area (Å²) < 4.78 is 6.92. The minimum absolute atomic E-state index is 0.832. The molecule has 316 valence electrons. The van der Waals surface area contributed by atoms with E-state index in [4.69, 9.17) is 4.74 Å². The number of benzene rings is 11. The van der Waals surface area contributed by atoms with Crippen LogP contribution in [0.1, 0.15) is 0 Å². The van der Waals surface area contributed by atoms with Gasteiger partial charge in [-0.05, 0) is 123 Å². The Labute approximate surface area is 391 Å². The number of rotatable bonds is 10. The second kappa shape index (κ2) is 17.2. The average molecular weight is 857 g/mol. The summed E-state index contributed by atoms with van der Waals surface area (Å²) in [6.45, 7) is 0. The lowest BCUT2D eigenvalue weighted by Gasteiger charge is -2.30. The summed E-state index contributed by atoms with van der Waals surface area (Å²) in [5.41, 5.74) is 18.1. The molecule has 11 aromatic rings. The Kier molecular flexibility index (Phi) is 10.2. The van der Waals surface area contributed by atoms with Crippen LogP contribution in [-0.2, 0) is 0 Å². The smallest absolute Gasteiger partial charge is 0.137 e. The van der Waals surface area contributed by atoms with Crippen LogP contribution in [-0.4, -0.2) is 0 Å². The molecule has 0 fully saturated rings. The van der Waals surface area contributed by atoms with E-state index in [1.54, 1.807) is 0 Å². The van der Waals surface area contributed by atoms with Crippen molar-refractivity contribution in [1.82, 2.24) is 0 Å². The van der Waals surface area contributed by atoms with Gasteiger partial charge in [-0.25, -0.2) is 0 Å². The normalized spacial score (nSPS) is 11.4.